The molecule has 2 unspecified atom stereocenters. The number of esters is 1. The van der Waals surface area contributed by atoms with Gasteiger partial charge in [-0.15, -0.1) is 11.8 Å². The molecule has 2 aromatic rings. The van der Waals surface area contributed by atoms with Gasteiger partial charge in [-0.05, 0) is 98.0 Å². The van der Waals surface area contributed by atoms with Crippen molar-refractivity contribution >= 4 is 29.3 Å². The van der Waals surface area contributed by atoms with Crippen molar-refractivity contribution in [3.8, 4) is 11.8 Å². The molecule has 2 fully saturated rings. The third kappa shape index (κ3) is 4.86. The number of methoxy groups -OCH3 is 1. The summed E-state index contributed by atoms with van der Waals surface area (Å²) in [6.07, 6.45) is 2.93. The lowest BCUT2D eigenvalue weighted by molar-refractivity contribution is -0.173. The second-order valence-electron chi connectivity index (χ2n) is 14.6. The Bertz CT molecular complexity index is 1840. The summed E-state index contributed by atoms with van der Waals surface area (Å²) >= 11 is 1.44. The molecule has 0 radical (unpaired) electrons. The van der Waals surface area contributed by atoms with E-state index in [2.05, 4.69) is 49.8 Å². The van der Waals surface area contributed by atoms with E-state index in [0.717, 1.165) is 67.8 Å². The molecule has 4 heterocycles. The van der Waals surface area contributed by atoms with E-state index in [1.807, 2.05) is 6.92 Å². The van der Waals surface area contributed by atoms with Crippen molar-refractivity contribution in [1.29, 1.82) is 5.26 Å². The van der Waals surface area contributed by atoms with Crippen LogP contribution >= 0.6 is 11.8 Å². The third-order valence-corrected chi connectivity index (χ3v) is 13.6. The largest absolute Gasteiger partial charge is 0.467 e. The summed E-state index contributed by atoms with van der Waals surface area (Å²) in [7, 11) is 3.72. The predicted octanol–water partition coefficient (Wildman–Crippen LogP) is 4.65. The van der Waals surface area contributed by atoms with Gasteiger partial charge in [0.2, 0.25) is 5.78 Å². The van der Waals surface area contributed by atoms with Crippen molar-refractivity contribution in [2.24, 2.45) is 0 Å². The number of carbonyl (C=O) groups is 3. The molecule has 7 atom stereocenters. The lowest BCUT2D eigenvalue weighted by atomic mass is 9.75. The molecular formula is C39H47N3O7S. The lowest BCUT2D eigenvalue weighted by Crippen LogP contribution is -2.61. The zero-order valence-corrected chi connectivity index (χ0v) is 30.9. The van der Waals surface area contributed by atoms with Gasteiger partial charge in [-0.1, -0.05) is 19.9 Å². The fourth-order valence-corrected chi connectivity index (χ4v) is 11.9. The van der Waals surface area contributed by atoms with Gasteiger partial charge in [0, 0.05) is 55.8 Å². The monoisotopic (exact) mass is 701 g/mol. The summed E-state index contributed by atoms with van der Waals surface area (Å²) in [6, 6.07) is 3.42. The van der Waals surface area contributed by atoms with Gasteiger partial charge < -0.3 is 19.3 Å². The minimum atomic E-state index is -1.23. The Hall–Kier alpha value is -3.27. The first-order chi connectivity index (χ1) is 24.0. The average molecular weight is 702 g/mol. The SMILES string of the molecule is CCc1c(C)c(CC(C)=O)c2c(c1CCO)[C@H]1CC23OC(=O)C(=O)CS[C@H]3[C@H]2[C@@H]3c4c(cc(C)c(CC)c4OCOC)C(C[C@H](C#N)N21)N3C. The van der Waals surface area contributed by atoms with Gasteiger partial charge in [0.1, 0.15) is 17.6 Å². The molecule has 2 aromatic carbocycles. The summed E-state index contributed by atoms with van der Waals surface area (Å²) in [4.78, 5) is 44.7. The van der Waals surface area contributed by atoms with Crippen molar-refractivity contribution in [1.82, 2.24) is 9.80 Å². The molecule has 7 rings (SSSR count). The molecular weight excluding hydrogens is 655 g/mol. The van der Waals surface area contributed by atoms with Crippen LogP contribution in [0.1, 0.15) is 107 Å². The van der Waals surface area contributed by atoms with Crippen LogP contribution in [0.5, 0.6) is 5.75 Å². The Morgan fingerprint density at radius 3 is 2.52 bits per heavy atom. The van der Waals surface area contributed by atoms with Crippen LogP contribution in [0.15, 0.2) is 6.07 Å². The Morgan fingerprint density at radius 1 is 1.14 bits per heavy atom. The number of aliphatic hydroxyl groups excluding tert-OH is 1. The maximum atomic E-state index is 13.7. The summed E-state index contributed by atoms with van der Waals surface area (Å²) in [6.45, 7) is 9.92. The highest BCUT2D eigenvalue weighted by Crippen LogP contribution is 2.67. The van der Waals surface area contributed by atoms with Gasteiger partial charge >= 0.3 is 5.97 Å². The zero-order chi connectivity index (χ0) is 35.8. The molecule has 4 bridgehead atoms. The number of nitriles is 1. The van der Waals surface area contributed by atoms with Gasteiger partial charge in [-0.2, -0.15) is 5.26 Å². The number of thioether (sulfide) groups is 1. The van der Waals surface area contributed by atoms with E-state index >= 15 is 0 Å². The van der Waals surface area contributed by atoms with Gasteiger partial charge in [0.15, 0.2) is 12.4 Å². The van der Waals surface area contributed by atoms with Crippen molar-refractivity contribution in [3.63, 3.8) is 0 Å². The number of ether oxygens (including phenoxy) is 3. The molecule has 1 spiro atoms. The van der Waals surface area contributed by atoms with Gasteiger partial charge in [-0.25, -0.2) is 4.79 Å². The van der Waals surface area contributed by atoms with Crippen molar-refractivity contribution in [2.45, 2.75) is 114 Å². The Morgan fingerprint density at radius 2 is 1.88 bits per heavy atom. The number of benzene rings is 2. The summed E-state index contributed by atoms with van der Waals surface area (Å²) in [5.74, 6) is -0.691. The van der Waals surface area contributed by atoms with E-state index in [9.17, 15) is 24.8 Å². The maximum absolute atomic E-state index is 13.7. The number of hydrogen-bond acceptors (Lipinski definition) is 11. The molecule has 50 heavy (non-hydrogen) atoms. The molecule has 1 N–H and O–H groups in total. The number of fused-ring (bicyclic) bond motifs is 9. The molecule has 11 heteroatoms. The van der Waals surface area contributed by atoms with Crippen molar-refractivity contribution < 1.29 is 33.7 Å². The number of aliphatic hydroxyl groups is 1. The number of hydrogen-bond donors (Lipinski definition) is 1. The van der Waals surface area contributed by atoms with Crippen LogP contribution in [-0.4, -0.2) is 83.1 Å². The van der Waals surface area contributed by atoms with Crippen molar-refractivity contribution in [3.05, 3.63) is 61.7 Å². The number of rotatable bonds is 9. The number of nitrogens with zero attached hydrogens (tertiary/aromatic N) is 3. The summed E-state index contributed by atoms with van der Waals surface area (Å²) in [5.41, 5.74) is 8.88. The normalized spacial score (nSPS) is 29.7. The number of piperidine rings is 1. The van der Waals surface area contributed by atoms with Crippen LogP contribution in [0.25, 0.3) is 0 Å². The first-order valence-electron chi connectivity index (χ1n) is 17.8. The zero-order valence-electron chi connectivity index (χ0n) is 30.1. The van der Waals surface area contributed by atoms with Gasteiger partial charge in [-0.3, -0.25) is 19.4 Å². The lowest BCUT2D eigenvalue weighted by Gasteiger charge is -2.53. The molecule has 2 saturated heterocycles. The van der Waals surface area contributed by atoms with E-state index in [1.54, 1.807) is 14.0 Å². The van der Waals surface area contributed by atoms with Gasteiger partial charge in [0.25, 0.3) is 0 Å². The predicted molar refractivity (Wildman–Crippen MR) is 188 cm³/mol. The standard InChI is InChI=1S/C39H47N3O7S/c1-8-23-19(3)12-27-28-14-22(16-40)42-29-15-39(33-26(13-20(4)44)21(5)24(9-2)25(10-11-43)31(29)33)37(50-17-30(45)38(46)49-39)35(42)34(41(28)6)32(27)36(23)48-18-47-7/h12,22,28-29,34-35,37,43H,8-11,13-15,17-18H2,1-7H3/t22-,28?,29-,34+,35-,37+,39?/m1/s1. The number of aryl methyl sites for hydroxylation is 1. The fourth-order valence-electron chi connectivity index (χ4n) is 10.4. The molecule has 266 valence electrons. The fraction of sp³-hybridized carbons (Fsp3) is 0.590. The minimum absolute atomic E-state index is 0.00976. The Kier molecular flexibility index (Phi) is 9.17. The van der Waals surface area contributed by atoms with E-state index in [1.165, 1.54) is 11.8 Å². The number of carbonyl (C=O) groups excluding carboxylic acids is 3. The first kappa shape index (κ1) is 35.1. The smallest absolute Gasteiger partial charge is 0.376 e. The van der Waals surface area contributed by atoms with Crippen LogP contribution in [0.3, 0.4) is 0 Å². The van der Waals surface area contributed by atoms with E-state index in [4.69, 9.17) is 14.2 Å². The third-order valence-electron chi connectivity index (χ3n) is 12.1. The highest BCUT2D eigenvalue weighted by atomic mass is 32.2. The van der Waals surface area contributed by atoms with E-state index in [0.29, 0.717) is 25.7 Å². The average Bonchev–Trinajstić information content (AvgIpc) is 3.40. The molecule has 1 aliphatic carbocycles. The topological polar surface area (TPSA) is 129 Å². The molecule has 0 saturated carbocycles. The van der Waals surface area contributed by atoms with Crippen molar-refractivity contribution in [2.75, 3.05) is 33.3 Å². The highest BCUT2D eigenvalue weighted by molar-refractivity contribution is 8.00. The quantitative estimate of drug-likeness (QED) is 0.223. The van der Waals surface area contributed by atoms with Crippen LogP contribution in [0.2, 0.25) is 0 Å². The van der Waals surface area contributed by atoms with Gasteiger partial charge in [0.05, 0.1) is 23.1 Å². The van der Waals surface area contributed by atoms with Crippen LogP contribution in [-0.2, 0) is 55.1 Å². The second kappa shape index (κ2) is 13.1. The number of likely N-dealkylation sites (N-methyl/N-ethyl adjacent to an activating group) is 1. The number of ketones is 2. The second-order valence-corrected chi connectivity index (χ2v) is 15.7. The first-order valence-corrected chi connectivity index (χ1v) is 18.9. The molecule has 0 amide bonds. The Labute approximate surface area is 298 Å². The Balaban J connectivity index is 1.59. The summed E-state index contributed by atoms with van der Waals surface area (Å²) in [5, 5.41) is 21.1. The highest BCUT2D eigenvalue weighted by Gasteiger charge is 2.69. The van der Waals surface area contributed by atoms with Crippen LogP contribution in [0, 0.1) is 25.2 Å². The maximum Gasteiger partial charge on any atom is 0.376 e. The molecule has 0 aromatic heterocycles. The van der Waals surface area contributed by atoms with E-state index in [-0.39, 0.29) is 55.5 Å². The molecule has 5 aliphatic rings. The molecule has 10 nitrogen and oxygen atoms in total. The molecule has 4 aliphatic heterocycles. The van der Waals surface area contributed by atoms with Crippen LogP contribution in [0.4, 0.5) is 0 Å². The van der Waals surface area contributed by atoms with Crippen LogP contribution < -0.4 is 4.74 Å². The number of Topliss-reactive ketones (excluding diaryl/α,β-unsaturated/α-hetero) is 2. The van der Waals surface area contributed by atoms with E-state index < -0.39 is 28.6 Å². The summed E-state index contributed by atoms with van der Waals surface area (Å²) < 4.78 is 18.5. The minimum Gasteiger partial charge on any atom is -0.467 e.